The molecule has 0 radical (unpaired) electrons. The number of carbonyl (C=O) groups is 1. The maximum Gasteiger partial charge on any atom is 0.306 e. The Kier molecular flexibility index (Phi) is 6.25. The highest BCUT2D eigenvalue weighted by molar-refractivity contribution is 9.09. The van der Waals surface area contributed by atoms with Crippen molar-refractivity contribution in [3.8, 4) is 0 Å². The standard InChI is InChI=1S/C17H25BrO2/c1-16(2,12-17(3,4)13-18)10-15(19)20-11-14-8-6-5-7-9-14/h5-9H,10-13H2,1-4H3. The number of ether oxygens (including phenoxy) is 1. The molecule has 3 heteroatoms. The fraction of sp³-hybridized carbons (Fsp3) is 0.588. The zero-order valence-electron chi connectivity index (χ0n) is 12.9. The molecule has 0 unspecified atom stereocenters. The molecule has 0 atom stereocenters. The predicted octanol–water partition coefficient (Wildman–Crippen LogP) is 4.96. The number of rotatable bonds is 7. The van der Waals surface area contributed by atoms with Crippen LogP contribution in [0.5, 0.6) is 0 Å². The van der Waals surface area contributed by atoms with E-state index in [4.69, 9.17) is 4.74 Å². The van der Waals surface area contributed by atoms with Crippen LogP contribution in [0.15, 0.2) is 30.3 Å². The molecule has 0 saturated heterocycles. The van der Waals surface area contributed by atoms with Crippen molar-refractivity contribution >= 4 is 21.9 Å². The van der Waals surface area contributed by atoms with Crippen LogP contribution in [0.1, 0.15) is 46.1 Å². The minimum atomic E-state index is -0.121. The Bertz CT molecular complexity index is 424. The number of halogens is 1. The third kappa shape index (κ3) is 6.56. The second kappa shape index (κ2) is 7.26. The van der Waals surface area contributed by atoms with Crippen LogP contribution >= 0.6 is 15.9 Å². The summed E-state index contributed by atoms with van der Waals surface area (Å²) in [6.07, 6.45) is 1.43. The number of esters is 1. The minimum absolute atomic E-state index is 0.0506. The second-order valence-electron chi connectivity index (χ2n) is 6.96. The molecular weight excluding hydrogens is 316 g/mol. The van der Waals surface area contributed by atoms with Crippen LogP contribution in [0.3, 0.4) is 0 Å². The SMILES string of the molecule is CC(C)(CBr)CC(C)(C)CC(=O)OCc1ccccc1. The molecule has 0 aromatic heterocycles. The summed E-state index contributed by atoms with van der Waals surface area (Å²) in [5.41, 5.74) is 1.16. The zero-order chi connectivity index (χ0) is 15.2. The summed E-state index contributed by atoms with van der Waals surface area (Å²) >= 11 is 3.53. The minimum Gasteiger partial charge on any atom is -0.461 e. The van der Waals surface area contributed by atoms with Gasteiger partial charge >= 0.3 is 5.97 Å². The van der Waals surface area contributed by atoms with Gasteiger partial charge in [0.05, 0.1) is 6.42 Å². The Labute approximate surface area is 131 Å². The quantitative estimate of drug-likeness (QED) is 0.518. The van der Waals surface area contributed by atoms with Gasteiger partial charge in [-0.25, -0.2) is 0 Å². The summed E-state index contributed by atoms with van der Waals surface area (Å²) < 4.78 is 5.36. The van der Waals surface area contributed by atoms with Crippen LogP contribution < -0.4 is 0 Å². The molecule has 0 bridgehead atoms. The highest BCUT2D eigenvalue weighted by atomic mass is 79.9. The highest BCUT2D eigenvalue weighted by Crippen LogP contribution is 2.37. The molecule has 0 amide bonds. The average molecular weight is 341 g/mol. The molecule has 0 saturated carbocycles. The molecule has 20 heavy (non-hydrogen) atoms. The Morgan fingerprint density at radius 1 is 1.10 bits per heavy atom. The van der Waals surface area contributed by atoms with E-state index >= 15 is 0 Å². The van der Waals surface area contributed by atoms with Crippen molar-refractivity contribution in [3.63, 3.8) is 0 Å². The van der Waals surface area contributed by atoms with Gasteiger partial charge in [0.15, 0.2) is 0 Å². The maximum atomic E-state index is 12.0. The molecule has 0 heterocycles. The van der Waals surface area contributed by atoms with Gasteiger partial charge in [-0.2, -0.15) is 0 Å². The number of hydrogen-bond donors (Lipinski definition) is 0. The summed E-state index contributed by atoms with van der Waals surface area (Å²) in [5, 5.41) is 0.933. The first kappa shape index (κ1) is 17.2. The van der Waals surface area contributed by atoms with Crippen LogP contribution in [0, 0.1) is 10.8 Å². The number of benzene rings is 1. The normalized spacial score (nSPS) is 12.2. The first-order valence-corrected chi connectivity index (χ1v) is 8.12. The lowest BCUT2D eigenvalue weighted by atomic mass is 9.74. The second-order valence-corrected chi connectivity index (χ2v) is 7.52. The zero-order valence-corrected chi connectivity index (χ0v) is 14.5. The smallest absolute Gasteiger partial charge is 0.306 e. The number of alkyl halides is 1. The van der Waals surface area contributed by atoms with Crippen molar-refractivity contribution in [3.05, 3.63) is 35.9 Å². The summed E-state index contributed by atoms with van der Waals surface area (Å²) in [6, 6.07) is 9.78. The Morgan fingerprint density at radius 3 is 2.25 bits per heavy atom. The molecule has 1 aromatic rings. The van der Waals surface area contributed by atoms with E-state index < -0.39 is 0 Å². The first-order chi connectivity index (χ1) is 9.24. The van der Waals surface area contributed by atoms with Crippen molar-refractivity contribution in [1.29, 1.82) is 0 Å². The van der Waals surface area contributed by atoms with Gasteiger partial charge < -0.3 is 4.74 Å². The predicted molar refractivity (Wildman–Crippen MR) is 86.8 cm³/mol. The van der Waals surface area contributed by atoms with Gasteiger partial charge in [0.1, 0.15) is 6.61 Å². The molecule has 0 spiro atoms. The van der Waals surface area contributed by atoms with Crippen LogP contribution in [0.25, 0.3) is 0 Å². The monoisotopic (exact) mass is 340 g/mol. The topological polar surface area (TPSA) is 26.3 Å². The van der Waals surface area contributed by atoms with Gasteiger partial charge in [-0.15, -0.1) is 0 Å². The van der Waals surface area contributed by atoms with Crippen LogP contribution in [0.2, 0.25) is 0 Å². The third-order valence-corrected chi connectivity index (χ3v) is 4.70. The lowest BCUT2D eigenvalue weighted by molar-refractivity contribution is -0.147. The van der Waals surface area contributed by atoms with Gasteiger partial charge in [0.25, 0.3) is 0 Å². The average Bonchev–Trinajstić information content (AvgIpc) is 2.36. The van der Waals surface area contributed by atoms with Gasteiger partial charge in [0, 0.05) is 5.33 Å². The third-order valence-electron chi connectivity index (χ3n) is 3.18. The molecule has 0 aliphatic heterocycles. The fourth-order valence-electron chi connectivity index (χ4n) is 2.59. The Morgan fingerprint density at radius 2 is 1.70 bits per heavy atom. The van der Waals surface area contributed by atoms with Gasteiger partial charge in [-0.05, 0) is 22.8 Å². The van der Waals surface area contributed by atoms with E-state index in [9.17, 15) is 4.79 Å². The number of hydrogen-bond acceptors (Lipinski definition) is 2. The molecule has 0 aliphatic rings. The lowest BCUT2D eigenvalue weighted by Crippen LogP contribution is -2.27. The van der Waals surface area contributed by atoms with Crippen LogP contribution in [-0.2, 0) is 16.1 Å². The summed E-state index contributed by atoms with van der Waals surface area (Å²) in [5.74, 6) is -0.121. The summed E-state index contributed by atoms with van der Waals surface area (Å²) in [7, 11) is 0. The van der Waals surface area contributed by atoms with Crippen LogP contribution in [0.4, 0.5) is 0 Å². The van der Waals surface area contributed by atoms with E-state index in [2.05, 4.69) is 43.6 Å². The maximum absolute atomic E-state index is 12.0. The van der Waals surface area contributed by atoms with Crippen molar-refractivity contribution in [2.75, 3.05) is 5.33 Å². The lowest BCUT2D eigenvalue weighted by Gasteiger charge is -2.33. The van der Waals surface area contributed by atoms with E-state index in [1.165, 1.54) is 0 Å². The fourth-order valence-corrected chi connectivity index (χ4v) is 2.78. The Balaban J connectivity index is 2.45. The van der Waals surface area contributed by atoms with Crippen molar-refractivity contribution in [1.82, 2.24) is 0 Å². The molecule has 1 aromatic carbocycles. The first-order valence-electron chi connectivity index (χ1n) is 7.00. The molecule has 112 valence electrons. The van der Waals surface area contributed by atoms with Gasteiger partial charge in [-0.3, -0.25) is 4.79 Å². The van der Waals surface area contributed by atoms with E-state index in [0.717, 1.165) is 17.3 Å². The molecule has 0 N–H and O–H groups in total. The van der Waals surface area contributed by atoms with Gasteiger partial charge in [0.2, 0.25) is 0 Å². The van der Waals surface area contributed by atoms with E-state index in [-0.39, 0.29) is 16.8 Å². The molecule has 0 aliphatic carbocycles. The summed E-state index contributed by atoms with van der Waals surface area (Å²) in [6.45, 7) is 9.03. The van der Waals surface area contributed by atoms with Crippen LogP contribution in [-0.4, -0.2) is 11.3 Å². The molecule has 1 rings (SSSR count). The van der Waals surface area contributed by atoms with Crippen molar-refractivity contribution in [2.24, 2.45) is 10.8 Å². The van der Waals surface area contributed by atoms with Crippen molar-refractivity contribution < 1.29 is 9.53 Å². The van der Waals surface area contributed by atoms with Crippen molar-refractivity contribution in [2.45, 2.75) is 47.1 Å². The highest BCUT2D eigenvalue weighted by Gasteiger charge is 2.30. The van der Waals surface area contributed by atoms with Gasteiger partial charge in [-0.1, -0.05) is 74.0 Å². The molecule has 0 fully saturated rings. The van der Waals surface area contributed by atoms with E-state index in [0.29, 0.717) is 13.0 Å². The Hall–Kier alpha value is -0.830. The van der Waals surface area contributed by atoms with E-state index in [1.54, 1.807) is 0 Å². The summed E-state index contributed by atoms with van der Waals surface area (Å²) in [4.78, 5) is 12.0. The largest absolute Gasteiger partial charge is 0.461 e. The van der Waals surface area contributed by atoms with E-state index in [1.807, 2.05) is 30.3 Å². The molecule has 2 nitrogen and oxygen atoms in total. The molecular formula is C17H25BrO2. The number of carbonyl (C=O) groups excluding carboxylic acids is 1.